The molecular formula is C22H27BrN2O3. The van der Waals surface area contributed by atoms with Gasteiger partial charge >= 0.3 is 0 Å². The number of carbonyl (C=O) groups excluding carboxylic acids is 2. The van der Waals surface area contributed by atoms with Crippen LogP contribution < -0.4 is 10.1 Å². The molecule has 0 bridgehead atoms. The Bertz CT molecular complexity index is 793. The number of carbonyl (C=O) groups is 2. The zero-order valence-electron chi connectivity index (χ0n) is 16.6. The molecule has 0 radical (unpaired) electrons. The van der Waals surface area contributed by atoms with Crippen molar-refractivity contribution in [3.8, 4) is 5.75 Å². The number of hydrogen-bond donors (Lipinski definition) is 1. The van der Waals surface area contributed by atoms with Gasteiger partial charge < -0.3 is 15.0 Å². The normalized spacial score (nSPS) is 11.6. The molecule has 0 fully saturated rings. The van der Waals surface area contributed by atoms with Gasteiger partial charge in [-0.05, 0) is 55.7 Å². The van der Waals surface area contributed by atoms with E-state index < -0.39 is 6.04 Å². The summed E-state index contributed by atoms with van der Waals surface area (Å²) in [4.78, 5) is 26.8. The third-order valence-corrected chi connectivity index (χ3v) is 4.95. The van der Waals surface area contributed by atoms with Crippen LogP contribution in [0.2, 0.25) is 0 Å². The average Bonchev–Trinajstić information content (AvgIpc) is 2.70. The molecule has 1 N–H and O–H groups in total. The predicted octanol–water partition coefficient (Wildman–Crippen LogP) is 3.94. The zero-order chi connectivity index (χ0) is 20.5. The molecule has 0 heterocycles. The second kappa shape index (κ2) is 10.9. The maximum atomic E-state index is 12.9. The van der Waals surface area contributed by atoms with E-state index in [9.17, 15) is 9.59 Å². The Balaban J connectivity index is 2.11. The molecule has 0 aliphatic heterocycles. The third kappa shape index (κ3) is 6.37. The van der Waals surface area contributed by atoms with Crippen LogP contribution in [-0.2, 0) is 22.6 Å². The lowest BCUT2D eigenvalue weighted by Crippen LogP contribution is -2.49. The Morgan fingerprint density at radius 2 is 1.82 bits per heavy atom. The van der Waals surface area contributed by atoms with E-state index in [1.165, 1.54) is 5.56 Å². The van der Waals surface area contributed by atoms with Gasteiger partial charge in [0, 0.05) is 17.6 Å². The molecule has 2 amide bonds. The standard InChI is InChI=1S/C22H27BrN2O3/c1-4-17-9-11-20(12-10-17)28-15-21(26)25(16(3)22(27)24-5-2)14-18-7-6-8-19(23)13-18/h6-13,16H,4-5,14-15H2,1-3H3,(H,24,27)/t16-/m0/s1. The largest absolute Gasteiger partial charge is 0.484 e. The monoisotopic (exact) mass is 446 g/mol. The zero-order valence-corrected chi connectivity index (χ0v) is 18.2. The molecule has 0 aliphatic rings. The molecule has 2 aromatic carbocycles. The molecule has 6 heteroatoms. The summed E-state index contributed by atoms with van der Waals surface area (Å²) in [5.74, 6) is 0.218. The first-order valence-electron chi connectivity index (χ1n) is 9.48. The average molecular weight is 447 g/mol. The number of hydrogen-bond acceptors (Lipinski definition) is 3. The molecular weight excluding hydrogens is 420 g/mol. The van der Waals surface area contributed by atoms with Gasteiger partial charge in [-0.15, -0.1) is 0 Å². The van der Waals surface area contributed by atoms with Crippen LogP contribution >= 0.6 is 15.9 Å². The number of halogens is 1. The van der Waals surface area contributed by atoms with Crippen molar-refractivity contribution >= 4 is 27.7 Å². The second-order valence-electron chi connectivity index (χ2n) is 6.51. The SMILES string of the molecule is CCNC(=O)[C@H](C)N(Cc1cccc(Br)c1)C(=O)COc1ccc(CC)cc1. The quantitative estimate of drug-likeness (QED) is 0.634. The van der Waals surface area contributed by atoms with Crippen molar-refractivity contribution < 1.29 is 14.3 Å². The minimum Gasteiger partial charge on any atom is -0.484 e. The minimum atomic E-state index is -0.600. The molecule has 0 aliphatic carbocycles. The summed E-state index contributed by atoms with van der Waals surface area (Å²) in [6, 6.07) is 14.8. The molecule has 0 aromatic heterocycles. The van der Waals surface area contributed by atoms with Gasteiger partial charge in [0.25, 0.3) is 5.91 Å². The van der Waals surface area contributed by atoms with E-state index in [1.807, 2.05) is 55.5 Å². The van der Waals surface area contributed by atoms with E-state index in [0.717, 1.165) is 16.5 Å². The van der Waals surface area contributed by atoms with E-state index in [-0.39, 0.29) is 18.4 Å². The smallest absolute Gasteiger partial charge is 0.261 e. The van der Waals surface area contributed by atoms with Crippen LogP contribution in [0.1, 0.15) is 31.9 Å². The molecule has 1 atom stereocenters. The van der Waals surface area contributed by atoms with Gasteiger partial charge in [-0.3, -0.25) is 9.59 Å². The summed E-state index contributed by atoms with van der Waals surface area (Å²) in [6.07, 6.45) is 0.948. The summed E-state index contributed by atoms with van der Waals surface area (Å²) in [7, 11) is 0. The maximum Gasteiger partial charge on any atom is 0.261 e. The highest BCUT2D eigenvalue weighted by molar-refractivity contribution is 9.10. The van der Waals surface area contributed by atoms with Gasteiger partial charge in [-0.2, -0.15) is 0 Å². The van der Waals surface area contributed by atoms with Crippen LogP contribution in [-0.4, -0.2) is 35.9 Å². The molecule has 2 rings (SSSR count). The number of ether oxygens (including phenoxy) is 1. The summed E-state index contributed by atoms with van der Waals surface area (Å²) in [5, 5.41) is 2.78. The molecule has 0 unspecified atom stereocenters. The maximum absolute atomic E-state index is 12.9. The van der Waals surface area contributed by atoms with Crippen molar-refractivity contribution in [1.29, 1.82) is 0 Å². The number of amides is 2. The second-order valence-corrected chi connectivity index (χ2v) is 7.42. The number of benzene rings is 2. The van der Waals surface area contributed by atoms with Crippen LogP contribution in [0.15, 0.2) is 53.0 Å². The van der Waals surface area contributed by atoms with Crippen molar-refractivity contribution in [2.45, 2.75) is 39.8 Å². The Labute approximate surface area is 175 Å². The van der Waals surface area contributed by atoms with Gasteiger partial charge in [-0.25, -0.2) is 0 Å². The Morgan fingerprint density at radius 3 is 2.43 bits per heavy atom. The Kier molecular flexibility index (Phi) is 8.51. The van der Waals surface area contributed by atoms with Gasteiger partial charge in [0.2, 0.25) is 5.91 Å². The fourth-order valence-electron chi connectivity index (χ4n) is 2.79. The van der Waals surface area contributed by atoms with Gasteiger partial charge in [-0.1, -0.05) is 47.1 Å². The van der Waals surface area contributed by atoms with Gasteiger partial charge in [0.15, 0.2) is 6.61 Å². The predicted molar refractivity (Wildman–Crippen MR) is 114 cm³/mol. The van der Waals surface area contributed by atoms with Gasteiger partial charge in [0.1, 0.15) is 11.8 Å². The Hall–Kier alpha value is -2.34. The van der Waals surface area contributed by atoms with Crippen molar-refractivity contribution in [2.75, 3.05) is 13.2 Å². The molecule has 0 saturated heterocycles. The van der Waals surface area contributed by atoms with Crippen molar-refractivity contribution in [3.63, 3.8) is 0 Å². The van der Waals surface area contributed by atoms with Crippen molar-refractivity contribution in [3.05, 3.63) is 64.1 Å². The molecule has 28 heavy (non-hydrogen) atoms. The van der Waals surface area contributed by atoms with Crippen molar-refractivity contribution in [2.24, 2.45) is 0 Å². The summed E-state index contributed by atoms with van der Waals surface area (Å²) in [5.41, 5.74) is 2.14. The molecule has 150 valence electrons. The highest BCUT2D eigenvalue weighted by Crippen LogP contribution is 2.17. The van der Waals surface area contributed by atoms with E-state index >= 15 is 0 Å². The summed E-state index contributed by atoms with van der Waals surface area (Å²) < 4.78 is 6.59. The minimum absolute atomic E-state index is 0.122. The number of likely N-dealkylation sites (N-methyl/N-ethyl adjacent to an activating group) is 1. The van der Waals surface area contributed by atoms with Crippen LogP contribution in [0, 0.1) is 0 Å². The Morgan fingerprint density at radius 1 is 1.11 bits per heavy atom. The van der Waals surface area contributed by atoms with Crippen LogP contribution in [0.3, 0.4) is 0 Å². The lowest BCUT2D eigenvalue weighted by Gasteiger charge is -2.28. The topological polar surface area (TPSA) is 58.6 Å². The van der Waals surface area contributed by atoms with E-state index in [4.69, 9.17) is 4.74 Å². The fraction of sp³-hybridized carbons (Fsp3) is 0.364. The van der Waals surface area contributed by atoms with Crippen LogP contribution in [0.5, 0.6) is 5.75 Å². The number of aryl methyl sites for hydroxylation is 1. The number of nitrogens with zero attached hydrogens (tertiary/aromatic N) is 1. The first-order valence-corrected chi connectivity index (χ1v) is 10.3. The summed E-state index contributed by atoms with van der Waals surface area (Å²) in [6.45, 7) is 6.40. The van der Waals surface area contributed by atoms with Gasteiger partial charge in [0.05, 0.1) is 0 Å². The molecule has 5 nitrogen and oxygen atoms in total. The first-order chi connectivity index (χ1) is 13.4. The highest BCUT2D eigenvalue weighted by Gasteiger charge is 2.26. The number of rotatable bonds is 9. The molecule has 0 saturated carbocycles. The lowest BCUT2D eigenvalue weighted by molar-refractivity contribution is -0.142. The molecule has 2 aromatic rings. The van der Waals surface area contributed by atoms with Crippen LogP contribution in [0.4, 0.5) is 0 Å². The first kappa shape index (κ1) is 22.0. The third-order valence-electron chi connectivity index (χ3n) is 4.45. The highest BCUT2D eigenvalue weighted by atomic mass is 79.9. The molecule has 0 spiro atoms. The van der Waals surface area contributed by atoms with E-state index in [2.05, 4.69) is 28.2 Å². The van der Waals surface area contributed by atoms with Crippen molar-refractivity contribution in [1.82, 2.24) is 10.2 Å². The van der Waals surface area contributed by atoms with E-state index in [0.29, 0.717) is 18.8 Å². The van der Waals surface area contributed by atoms with E-state index in [1.54, 1.807) is 11.8 Å². The van der Waals surface area contributed by atoms with Crippen LogP contribution in [0.25, 0.3) is 0 Å². The lowest BCUT2D eigenvalue weighted by atomic mass is 10.1. The number of nitrogens with one attached hydrogen (secondary N) is 1. The fourth-order valence-corrected chi connectivity index (χ4v) is 3.23. The summed E-state index contributed by atoms with van der Waals surface area (Å²) >= 11 is 3.45.